The number of allylic oxidation sites excluding steroid dienone is 1. The number of carbonyl (C=O) groups is 2. The van der Waals surface area contributed by atoms with E-state index in [-0.39, 0.29) is 18.9 Å². The van der Waals surface area contributed by atoms with Crippen molar-refractivity contribution in [1.82, 2.24) is 10.2 Å². The van der Waals surface area contributed by atoms with Gasteiger partial charge in [0.1, 0.15) is 11.6 Å². The van der Waals surface area contributed by atoms with Crippen LogP contribution in [0.4, 0.5) is 4.39 Å². The number of esters is 1. The van der Waals surface area contributed by atoms with Crippen molar-refractivity contribution in [3.63, 3.8) is 0 Å². The van der Waals surface area contributed by atoms with Crippen molar-refractivity contribution in [2.45, 2.75) is 32.4 Å². The van der Waals surface area contributed by atoms with Crippen molar-refractivity contribution in [2.24, 2.45) is 4.99 Å². The van der Waals surface area contributed by atoms with Gasteiger partial charge in [-0.25, -0.2) is 14.2 Å². The standard InChI is InChI=1S/C23H22FN3O4S/c1-3-18-20(22(29)30-2)21(14-6-4-7-15(24)10-14)27-16(13-32-23(27)26-18)11-19(28)25-12-17-8-5-9-31-17/h4-10,13,21H,3,11-12H2,1-2H3,(H,25,28)/t21-/m1/s1. The van der Waals surface area contributed by atoms with Crippen molar-refractivity contribution in [3.8, 4) is 0 Å². The molecule has 1 N–H and O–H groups in total. The highest BCUT2D eigenvalue weighted by atomic mass is 32.2. The highest BCUT2D eigenvalue weighted by Crippen LogP contribution is 2.45. The molecule has 3 heterocycles. The molecule has 0 unspecified atom stereocenters. The number of benzene rings is 1. The van der Waals surface area contributed by atoms with Gasteiger partial charge in [0.25, 0.3) is 0 Å². The Morgan fingerprint density at radius 1 is 1.31 bits per heavy atom. The Morgan fingerprint density at radius 3 is 2.84 bits per heavy atom. The molecule has 7 nitrogen and oxygen atoms in total. The van der Waals surface area contributed by atoms with Gasteiger partial charge in [0.05, 0.1) is 43.7 Å². The van der Waals surface area contributed by atoms with Crippen LogP contribution in [0.25, 0.3) is 0 Å². The van der Waals surface area contributed by atoms with Crippen LogP contribution in [0.3, 0.4) is 0 Å². The number of furan rings is 1. The fourth-order valence-corrected chi connectivity index (χ4v) is 4.67. The Morgan fingerprint density at radius 2 is 2.16 bits per heavy atom. The molecule has 0 aliphatic carbocycles. The van der Waals surface area contributed by atoms with Crippen LogP contribution >= 0.6 is 11.8 Å². The van der Waals surface area contributed by atoms with Crippen LogP contribution < -0.4 is 5.32 Å². The Kier molecular flexibility index (Phi) is 6.45. The van der Waals surface area contributed by atoms with E-state index in [4.69, 9.17) is 9.15 Å². The number of aliphatic imine (C=N–C) groups is 1. The summed E-state index contributed by atoms with van der Waals surface area (Å²) < 4.78 is 24.4. The Bertz CT molecular complexity index is 1120. The predicted molar refractivity (Wildman–Crippen MR) is 119 cm³/mol. The molecule has 2 aliphatic rings. The third kappa shape index (κ3) is 4.34. The molecule has 0 bridgehead atoms. The van der Waals surface area contributed by atoms with Crippen LogP contribution in [-0.4, -0.2) is 29.1 Å². The van der Waals surface area contributed by atoms with E-state index in [1.165, 1.54) is 31.0 Å². The van der Waals surface area contributed by atoms with Crippen LogP contribution in [-0.2, 0) is 20.9 Å². The van der Waals surface area contributed by atoms with Gasteiger partial charge in [-0.15, -0.1) is 0 Å². The molecular weight excluding hydrogens is 433 g/mol. The maximum atomic E-state index is 14.1. The fraction of sp³-hybridized carbons (Fsp3) is 0.261. The normalized spacial score (nSPS) is 17.6. The summed E-state index contributed by atoms with van der Waals surface area (Å²) >= 11 is 1.37. The average molecular weight is 456 g/mol. The van der Waals surface area contributed by atoms with Gasteiger partial charge in [-0.3, -0.25) is 4.79 Å². The first-order valence-electron chi connectivity index (χ1n) is 10.1. The lowest BCUT2D eigenvalue weighted by molar-refractivity contribution is -0.136. The number of carbonyl (C=O) groups excluding carboxylic acids is 2. The van der Waals surface area contributed by atoms with Crippen molar-refractivity contribution >= 4 is 28.8 Å². The summed E-state index contributed by atoms with van der Waals surface area (Å²) in [4.78, 5) is 31.9. The fourth-order valence-electron chi connectivity index (χ4n) is 3.73. The van der Waals surface area contributed by atoms with E-state index in [0.29, 0.717) is 39.9 Å². The molecule has 32 heavy (non-hydrogen) atoms. The number of thioether (sulfide) groups is 1. The first-order valence-corrected chi connectivity index (χ1v) is 11.0. The first kappa shape index (κ1) is 21.9. The minimum atomic E-state index is -0.653. The smallest absolute Gasteiger partial charge is 0.338 e. The summed E-state index contributed by atoms with van der Waals surface area (Å²) in [6, 6.07) is 8.97. The number of ether oxygens (including phenoxy) is 1. The van der Waals surface area contributed by atoms with Gasteiger partial charge < -0.3 is 19.4 Å². The lowest BCUT2D eigenvalue weighted by atomic mass is 9.93. The maximum absolute atomic E-state index is 14.1. The number of halogens is 1. The zero-order chi connectivity index (χ0) is 22.7. The van der Waals surface area contributed by atoms with Gasteiger partial charge in [0.2, 0.25) is 5.91 Å². The lowest BCUT2D eigenvalue weighted by Gasteiger charge is -2.36. The molecule has 0 spiro atoms. The van der Waals surface area contributed by atoms with E-state index in [1.54, 1.807) is 30.5 Å². The molecule has 9 heteroatoms. The highest BCUT2D eigenvalue weighted by Gasteiger charge is 2.41. The number of hydrogen-bond acceptors (Lipinski definition) is 7. The van der Waals surface area contributed by atoms with Crippen LogP contribution in [0, 0.1) is 5.82 Å². The number of amides is 1. The molecule has 0 saturated carbocycles. The van der Waals surface area contributed by atoms with E-state index < -0.39 is 17.8 Å². The number of fused-ring (bicyclic) bond motifs is 1. The van der Waals surface area contributed by atoms with Crippen molar-refractivity contribution in [1.29, 1.82) is 0 Å². The van der Waals surface area contributed by atoms with Crippen molar-refractivity contribution in [2.75, 3.05) is 7.11 Å². The molecule has 1 aromatic heterocycles. The first-order chi connectivity index (χ1) is 15.5. The summed E-state index contributed by atoms with van der Waals surface area (Å²) in [5, 5.41) is 5.30. The SMILES string of the molecule is CCC1=C(C(=O)OC)[C@@H](c2cccc(F)c2)N2C(CC(=O)NCc3ccco3)=CSC2=N1. The van der Waals surface area contributed by atoms with Gasteiger partial charge in [0, 0.05) is 5.70 Å². The molecule has 1 atom stereocenters. The molecule has 1 amide bonds. The zero-order valence-electron chi connectivity index (χ0n) is 17.6. The molecule has 0 radical (unpaired) electrons. The van der Waals surface area contributed by atoms with Crippen LogP contribution in [0.5, 0.6) is 0 Å². The summed E-state index contributed by atoms with van der Waals surface area (Å²) in [6.45, 7) is 2.17. The van der Waals surface area contributed by atoms with Crippen LogP contribution in [0.15, 0.2) is 74.4 Å². The summed E-state index contributed by atoms with van der Waals surface area (Å²) in [7, 11) is 1.31. The van der Waals surface area contributed by atoms with E-state index in [1.807, 2.05) is 17.2 Å². The van der Waals surface area contributed by atoms with Crippen LogP contribution in [0.2, 0.25) is 0 Å². The number of nitrogens with zero attached hydrogens (tertiary/aromatic N) is 2. The lowest BCUT2D eigenvalue weighted by Crippen LogP contribution is -2.38. The molecule has 1 aromatic carbocycles. The second-order valence-corrected chi connectivity index (χ2v) is 8.02. The third-order valence-electron chi connectivity index (χ3n) is 5.18. The molecular formula is C23H22FN3O4S. The van der Waals surface area contributed by atoms with Crippen LogP contribution in [0.1, 0.15) is 37.1 Å². The Labute approximate surface area is 189 Å². The second kappa shape index (κ2) is 9.44. The maximum Gasteiger partial charge on any atom is 0.338 e. The molecule has 4 rings (SSSR count). The Balaban J connectivity index is 1.66. The average Bonchev–Trinajstić information content (AvgIpc) is 3.46. The van der Waals surface area contributed by atoms with Gasteiger partial charge in [-0.1, -0.05) is 30.8 Å². The largest absolute Gasteiger partial charge is 0.467 e. The molecule has 2 aliphatic heterocycles. The summed E-state index contributed by atoms with van der Waals surface area (Å²) in [5.41, 5.74) is 2.17. The predicted octanol–water partition coefficient (Wildman–Crippen LogP) is 4.26. The zero-order valence-corrected chi connectivity index (χ0v) is 18.4. The summed E-state index contributed by atoms with van der Waals surface area (Å²) in [5.74, 6) is -0.508. The minimum absolute atomic E-state index is 0.0639. The summed E-state index contributed by atoms with van der Waals surface area (Å²) in [6.07, 6.45) is 2.12. The molecule has 0 fully saturated rings. The number of rotatable bonds is 7. The Hall–Kier alpha value is -3.33. The second-order valence-electron chi connectivity index (χ2n) is 7.19. The van der Waals surface area contributed by atoms with E-state index in [2.05, 4.69) is 10.3 Å². The van der Waals surface area contributed by atoms with Crippen molar-refractivity contribution in [3.05, 3.63) is 82.2 Å². The number of nitrogens with one attached hydrogen (secondary N) is 1. The molecule has 0 saturated heterocycles. The van der Waals surface area contributed by atoms with Gasteiger partial charge >= 0.3 is 5.97 Å². The number of amidine groups is 1. The molecule has 2 aromatic rings. The minimum Gasteiger partial charge on any atom is -0.467 e. The van der Waals surface area contributed by atoms with E-state index >= 15 is 0 Å². The van der Waals surface area contributed by atoms with Gasteiger partial charge in [-0.2, -0.15) is 0 Å². The van der Waals surface area contributed by atoms with Gasteiger partial charge in [-0.05, 0) is 41.7 Å². The van der Waals surface area contributed by atoms with Gasteiger partial charge in [0.15, 0.2) is 5.17 Å². The monoisotopic (exact) mass is 455 g/mol. The third-order valence-corrected chi connectivity index (χ3v) is 6.06. The quantitative estimate of drug-likeness (QED) is 0.628. The number of hydrogen-bond donors (Lipinski definition) is 1. The van der Waals surface area contributed by atoms with E-state index in [0.717, 1.165) is 0 Å². The number of methoxy groups -OCH3 is 1. The van der Waals surface area contributed by atoms with E-state index in [9.17, 15) is 14.0 Å². The molecule has 166 valence electrons. The van der Waals surface area contributed by atoms with Crippen molar-refractivity contribution < 1.29 is 23.1 Å². The topological polar surface area (TPSA) is 84.1 Å². The highest BCUT2D eigenvalue weighted by molar-refractivity contribution is 8.16.